The molecule has 1 saturated heterocycles. The lowest BCUT2D eigenvalue weighted by atomic mass is 10.1. The summed E-state index contributed by atoms with van der Waals surface area (Å²) in [5.41, 5.74) is 7.20. The van der Waals surface area contributed by atoms with E-state index in [0.29, 0.717) is 5.56 Å². The van der Waals surface area contributed by atoms with Crippen LogP contribution in [0, 0.1) is 0 Å². The molecule has 2 aromatic rings. The average molecular weight is 376 g/mol. The van der Waals surface area contributed by atoms with E-state index >= 15 is 0 Å². The molecule has 1 aromatic heterocycles. The van der Waals surface area contributed by atoms with Crippen LogP contribution in [0.4, 0.5) is 0 Å². The van der Waals surface area contributed by atoms with E-state index in [9.17, 15) is 9.59 Å². The van der Waals surface area contributed by atoms with Gasteiger partial charge in [0.05, 0.1) is 11.3 Å². The molecule has 2 amide bonds. The number of benzene rings is 1. The van der Waals surface area contributed by atoms with Gasteiger partial charge in [0.2, 0.25) is 5.91 Å². The number of thiophene rings is 1. The number of thioether (sulfide) groups is 1. The van der Waals surface area contributed by atoms with Crippen molar-refractivity contribution in [2.45, 2.75) is 11.4 Å². The lowest BCUT2D eigenvalue weighted by Gasteiger charge is -2.34. The first kappa shape index (κ1) is 18.0. The number of hydrogen-bond acceptors (Lipinski definition) is 5. The van der Waals surface area contributed by atoms with Gasteiger partial charge in [-0.1, -0.05) is 12.1 Å². The summed E-state index contributed by atoms with van der Waals surface area (Å²) in [5.74, 6) is -0.171. The minimum atomic E-state index is -0.380. The van der Waals surface area contributed by atoms with Crippen LogP contribution in [0.3, 0.4) is 0 Å². The zero-order valence-corrected chi connectivity index (χ0v) is 15.5. The highest BCUT2D eigenvalue weighted by molar-refractivity contribution is 8.00. The number of primary amides is 1. The fraction of sp³-hybridized carbons (Fsp3) is 0.333. The van der Waals surface area contributed by atoms with E-state index in [0.717, 1.165) is 37.6 Å². The third-order valence-corrected chi connectivity index (χ3v) is 5.96. The van der Waals surface area contributed by atoms with Crippen molar-refractivity contribution in [1.29, 1.82) is 0 Å². The van der Waals surface area contributed by atoms with Crippen molar-refractivity contribution in [1.82, 2.24) is 9.80 Å². The molecule has 7 heteroatoms. The van der Waals surface area contributed by atoms with Gasteiger partial charge in [0.1, 0.15) is 0 Å². The largest absolute Gasteiger partial charge is 0.369 e. The second-order valence-electron chi connectivity index (χ2n) is 5.95. The zero-order chi connectivity index (χ0) is 17.6. The van der Waals surface area contributed by atoms with Crippen molar-refractivity contribution < 1.29 is 9.59 Å². The first-order valence-electron chi connectivity index (χ1n) is 8.16. The Morgan fingerprint density at radius 2 is 1.88 bits per heavy atom. The maximum absolute atomic E-state index is 12.9. The molecule has 3 rings (SSSR count). The maximum atomic E-state index is 12.9. The Bertz CT molecular complexity index is 726. The van der Waals surface area contributed by atoms with Crippen molar-refractivity contribution in [3.63, 3.8) is 0 Å². The van der Waals surface area contributed by atoms with Gasteiger partial charge in [-0.15, -0.1) is 11.8 Å². The summed E-state index contributed by atoms with van der Waals surface area (Å²) in [4.78, 5) is 29.0. The lowest BCUT2D eigenvalue weighted by molar-refractivity contribution is -0.115. The van der Waals surface area contributed by atoms with Crippen LogP contribution >= 0.6 is 23.1 Å². The van der Waals surface area contributed by atoms with E-state index in [1.165, 1.54) is 17.3 Å². The van der Waals surface area contributed by atoms with Crippen molar-refractivity contribution in [3.05, 3.63) is 52.2 Å². The molecule has 0 saturated carbocycles. The van der Waals surface area contributed by atoms with Crippen LogP contribution in [0.15, 0.2) is 46.0 Å². The van der Waals surface area contributed by atoms with Crippen LogP contribution in [-0.4, -0.2) is 53.5 Å². The monoisotopic (exact) mass is 375 g/mol. The SMILES string of the molecule is NC(=O)CSc1ccccc1C(=O)N1CCN(Cc2ccsc2)CC1. The highest BCUT2D eigenvalue weighted by Crippen LogP contribution is 2.24. The van der Waals surface area contributed by atoms with Crippen molar-refractivity contribution in [3.8, 4) is 0 Å². The molecule has 1 aliphatic heterocycles. The van der Waals surface area contributed by atoms with Gasteiger partial charge in [0.25, 0.3) is 5.91 Å². The van der Waals surface area contributed by atoms with Gasteiger partial charge in [-0.25, -0.2) is 0 Å². The molecule has 5 nitrogen and oxygen atoms in total. The highest BCUT2D eigenvalue weighted by atomic mass is 32.2. The highest BCUT2D eigenvalue weighted by Gasteiger charge is 2.24. The predicted molar refractivity (Wildman–Crippen MR) is 102 cm³/mol. The average Bonchev–Trinajstić information content (AvgIpc) is 3.13. The number of hydrogen-bond donors (Lipinski definition) is 1. The van der Waals surface area contributed by atoms with Crippen molar-refractivity contribution >= 4 is 34.9 Å². The molecule has 1 fully saturated rings. The molecule has 0 atom stereocenters. The molecule has 25 heavy (non-hydrogen) atoms. The van der Waals surface area contributed by atoms with Gasteiger partial charge < -0.3 is 10.6 Å². The standard InChI is InChI=1S/C18H21N3O2S2/c19-17(22)13-25-16-4-2-1-3-15(16)18(23)21-8-6-20(7-9-21)11-14-5-10-24-12-14/h1-5,10,12H,6-9,11,13H2,(H2,19,22). The second kappa shape index (κ2) is 8.51. The molecule has 2 N–H and O–H groups in total. The predicted octanol–water partition coefficient (Wildman–Crippen LogP) is 2.28. The van der Waals surface area contributed by atoms with Crippen LogP contribution in [0.1, 0.15) is 15.9 Å². The van der Waals surface area contributed by atoms with Gasteiger partial charge >= 0.3 is 0 Å². The van der Waals surface area contributed by atoms with Crippen molar-refractivity contribution in [2.75, 3.05) is 31.9 Å². The fourth-order valence-corrected chi connectivity index (χ4v) is 4.28. The Hall–Kier alpha value is -1.83. The molecule has 0 bridgehead atoms. The number of nitrogens with zero attached hydrogens (tertiary/aromatic N) is 2. The lowest BCUT2D eigenvalue weighted by Crippen LogP contribution is -2.48. The smallest absolute Gasteiger partial charge is 0.255 e. The van der Waals surface area contributed by atoms with Crippen LogP contribution in [-0.2, 0) is 11.3 Å². The first-order chi connectivity index (χ1) is 12.1. The number of piperazine rings is 1. The molecule has 0 spiro atoms. The summed E-state index contributed by atoms with van der Waals surface area (Å²) in [5, 5.41) is 4.26. The normalized spacial score (nSPS) is 15.3. The van der Waals surface area contributed by atoms with Gasteiger partial charge in [-0.2, -0.15) is 11.3 Å². The summed E-state index contributed by atoms with van der Waals surface area (Å²) in [6, 6.07) is 9.57. The zero-order valence-electron chi connectivity index (χ0n) is 13.9. The van der Waals surface area contributed by atoms with E-state index in [1.807, 2.05) is 29.2 Å². The fourth-order valence-electron chi connectivity index (χ4n) is 2.84. The minimum Gasteiger partial charge on any atom is -0.369 e. The molecule has 0 aliphatic carbocycles. The van der Waals surface area contributed by atoms with E-state index in [2.05, 4.69) is 21.7 Å². The van der Waals surface area contributed by atoms with Gasteiger partial charge in [0.15, 0.2) is 0 Å². The third kappa shape index (κ3) is 4.84. The van der Waals surface area contributed by atoms with Crippen LogP contribution in [0.5, 0.6) is 0 Å². The molecule has 132 valence electrons. The third-order valence-electron chi connectivity index (χ3n) is 4.13. The Morgan fingerprint density at radius 3 is 2.56 bits per heavy atom. The van der Waals surface area contributed by atoms with E-state index in [1.54, 1.807) is 11.3 Å². The number of rotatable bonds is 6. The number of carbonyl (C=O) groups is 2. The minimum absolute atomic E-state index is 0.0303. The van der Waals surface area contributed by atoms with E-state index in [4.69, 9.17) is 5.73 Å². The summed E-state index contributed by atoms with van der Waals surface area (Å²) in [6.45, 7) is 4.13. The summed E-state index contributed by atoms with van der Waals surface area (Å²) < 4.78 is 0. The molecule has 0 radical (unpaired) electrons. The molecular formula is C18H21N3O2S2. The maximum Gasteiger partial charge on any atom is 0.255 e. The van der Waals surface area contributed by atoms with Crippen LogP contribution < -0.4 is 5.73 Å². The van der Waals surface area contributed by atoms with Gasteiger partial charge in [-0.05, 0) is 34.5 Å². The van der Waals surface area contributed by atoms with Gasteiger partial charge in [-0.3, -0.25) is 14.5 Å². The molecule has 1 aromatic carbocycles. The molecule has 1 aliphatic rings. The van der Waals surface area contributed by atoms with Gasteiger partial charge in [0, 0.05) is 37.6 Å². The summed E-state index contributed by atoms with van der Waals surface area (Å²) in [7, 11) is 0. The summed E-state index contributed by atoms with van der Waals surface area (Å²) >= 11 is 3.03. The van der Waals surface area contributed by atoms with Crippen LogP contribution in [0.25, 0.3) is 0 Å². The molecular weight excluding hydrogens is 354 g/mol. The first-order valence-corrected chi connectivity index (χ1v) is 10.1. The van der Waals surface area contributed by atoms with Crippen LogP contribution in [0.2, 0.25) is 0 Å². The number of nitrogens with two attached hydrogens (primary N) is 1. The van der Waals surface area contributed by atoms with Crippen molar-refractivity contribution in [2.24, 2.45) is 5.73 Å². The Labute approximate surface area is 155 Å². The number of amides is 2. The summed E-state index contributed by atoms with van der Waals surface area (Å²) in [6.07, 6.45) is 0. The Balaban J connectivity index is 1.60. The number of carbonyl (C=O) groups excluding carboxylic acids is 2. The topological polar surface area (TPSA) is 66.6 Å². The van der Waals surface area contributed by atoms with E-state index in [-0.39, 0.29) is 17.6 Å². The van der Waals surface area contributed by atoms with E-state index < -0.39 is 0 Å². The quantitative estimate of drug-likeness (QED) is 0.787. The molecule has 2 heterocycles. The Morgan fingerprint density at radius 1 is 1.12 bits per heavy atom. The molecule has 0 unspecified atom stereocenters. The Kier molecular flexibility index (Phi) is 6.12. The second-order valence-corrected chi connectivity index (χ2v) is 7.75.